The predicted molar refractivity (Wildman–Crippen MR) is 122 cm³/mol. The Morgan fingerprint density at radius 3 is 2.75 bits per heavy atom. The van der Waals surface area contributed by atoms with Crippen molar-refractivity contribution in [3.05, 3.63) is 72.3 Å². The van der Waals surface area contributed by atoms with Crippen molar-refractivity contribution in [3.63, 3.8) is 0 Å². The maximum absolute atomic E-state index is 13.1. The molecule has 1 aliphatic heterocycles. The SMILES string of the molecule is CC(C)[n+]1cc(NC(=O)CSC2=N/C(=C/c3cccnc3)C(=O)N2c2ccccc2)on1. The maximum atomic E-state index is 13.1. The van der Waals surface area contributed by atoms with Gasteiger partial charge >= 0.3 is 5.88 Å². The van der Waals surface area contributed by atoms with Crippen molar-refractivity contribution in [3.8, 4) is 0 Å². The number of carbonyl (C=O) groups excluding carboxylic acids is 2. The average molecular weight is 450 g/mol. The lowest BCUT2D eigenvalue weighted by Crippen LogP contribution is -2.37. The summed E-state index contributed by atoms with van der Waals surface area (Å²) >= 11 is 1.16. The van der Waals surface area contributed by atoms with E-state index in [4.69, 9.17) is 4.52 Å². The van der Waals surface area contributed by atoms with Crippen LogP contribution in [0.15, 0.2) is 76.3 Å². The van der Waals surface area contributed by atoms with Gasteiger partial charge in [0.2, 0.25) is 11.2 Å². The van der Waals surface area contributed by atoms with Gasteiger partial charge in [-0.2, -0.15) is 0 Å². The number of nitrogens with one attached hydrogen (secondary N) is 1. The first-order chi connectivity index (χ1) is 15.5. The van der Waals surface area contributed by atoms with Crippen LogP contribution >= 0.6 is 11.8 Å². The standard InChI is InChI=1S/C22H20N6O3S/c1-15(2)27-13-20(31-26-27)25-19(29)14-32-22-24-18(11-16-7-6-10-23-12-16)21(30)28(22)17-8-4-3-5-9-17/h3-13,15H,14H2,1-2H3/p+1/b18-11+. The number of anilines is 2. The average Bonchev–Trinajstić information content (AvgIpc) is 3.38. The molecule has 0 fully saturated rings. The molecule has 32 heavy (non-hydrogen) atoms. The number of aromatic nitrogens is 3. The first-order valence-corrected chi connectivity index (χ1v) is 10.9. The van der Waals surface area contributed by atoms with Crippen molar-refractivity contribution in [1.29, 1.82) is 0 Å². The fourth-order valence-electron chi connectivity index (χ4n) is 2.88. The molecule has 0 aliphatic carbocycles. The van der Waals surface area contributed by atoms with Gasteiger partial charge in [0, 0.05) is 12.4 Å². The second-order valence-corrected chi connectivity index (χ2v) is 8.11. The lowest BCUT2D eigenvalue weighted by Gasteiger charge is -2.17. The Balaban J connectivity index is 1.51. The van der Waals surface area contributed by atoms with Crippen molar-refractivity contribution in [2.24, 2.45) is 4.99 Å². The summed E-state index contributed by atoms with van der Waals surface area (Å²) in [5.74, 6) is -0.269. The molecule has 2 amide bonds. The van der Waals surface area contributed by atoms with Gasteiger partial charge in [0.15, 0.2) is 11.2 Å². The molecule has 0 radical (unpaired) electrons. The zero-order valence-corrected chi connectivity index (χ0v) is 18.3. The molecule has 1 aliphatic rings. The molecule has 9 nitrogen and oxygen atoms in total. The summed E-state index contributed by atoms with van der Waals surface area (Å²) in [6, 6.07) is 12.9. The largest absolute Gasteiger partial charge is 0.302 e. The first kappa shape index (κ1) is 21.4. The zero-order valence-electron chi connectivity index (χ0n) is 17.5. The highest BCUT2D eigenvalue weighted by Gasteiger charge is 2.32. The Labute approximate surface area is 188 Å². The Kier molecular flexibility index (Phi) is 6.41. The van der Waals surface area contributed by atoms with Gasteiger partial charge in [0.25, 0.3) is 12.1 Å². The quantitative estimate of drug-likeness (QED) is 0.458. The molecule has 1 N–H and O–H groups in total. The fraction of sp³-hybridized carbons (Fsp3) is 0.182. The molecule has 0 saturated heterocycles. The van der Waals surface area contributed by atoms with Crippen molar-refractivity contribution in [2.45, 2.75) is 19.9 Å². The molecule has 0 atom stereocenters. The smallest absolute Gasteiger partial charge is 0.288 e. The summed E-state index contributed by atoms with van der Waals surface area (Å²) in [6.07, 6.45) is 6.62. The number of thioether (sulfide) groups is 1. The van der Waals surface area contributed by atoms with Crippen molar-refractivity contribution in [1.82, 2.24) is 10.3 Å². The van der Waals surface area contributed by atoms with E-state index >= 15 is 0 Å². The van der Waals surface area contributed by atoms with Crippen LogP contribution in [0.5, 0.6) is 0 Å². The molecule has 10 heteroatoms. The van der Waals surface area contributed by atoms with Gasteiger partial charge in [-0.05, 0) is 48.4 Å². The van der Waals surface area contributed by atoms with E-state index in [1.54, 1.807) is 35.4 Å². The minimum absolute atomic E-state index is 0.0397. The molecule has 1 aromatic carbocycles. The van der Waals surface area contributed by atoms with Gasteiger partial charge in [-0.25, -0.2) is 4.99 Å². The highest BCUT2D eigenvalue weighted by Crippen LogP contribution is 2.29. The summed E-state index contributed by atoms with van der Waals surface area (Å²) in [5, 5.41) is 6.93. The number of carbonyl (C=O) groups is 2. The van der Waals surface area contributed by atoms with E-state index in [0.717, 1.165) is 17.3 Å². The van der Waals surface area contributed by atoms with Crippen molar-refractivity contribution >= 4 is 46.4 Å². The summed E-state index contributed by atoms with van der Waals surface area (Å²) in [4.78, 5) is 35.6. The lowest BCUT2D eigenvalue weighted by molar-refractivity contribution is -0.779. The van der Waals surface area contributed by atoms with E-state index in [1.165, 1.54) is 4.90 Å². The van der Waals surface area contributed by atoms with Crippen LogP contribution in [-0.4, -0.2) is 33.0 Å². The number of amidine groups is 1. The Hall–Kier alpha value is -3.79. The number of pyridine rings is 1. The number of nitrogens with zero attached hydrogens (tertiary/aromatic N) is 5. The predicted octanol–water partition coefficient (Wildman–Crippen LogP) is 3.05. The van der Waals surface area contributed by atoms with Gasteiger partial charge in [-0.1, -0.05) is 36.0 Å². The summed E-state index contributed by atoms with van der Waals surface area (Å²) in [7, 11) is 0. The van der Waals surface area contributed by atoms with E-state index in [1.807, 2.05) is 50.2 Å². The zero-order chi connectivity index (χ0) is 22.5. The van der Waals surface area contributed by atoms with Crippen LogP contribution in [0.25, 0.3) is 6.08 Å². The minimum atomic E-state index is -0.296. The highest BCUT2D eigenvalue weighted by molar-refractivity contribution is 8.14. The second kappa shape index (κ2) is 9.56. The number of aliphatic imine (C=N–C) groups is 1. The topological polar surface area (TPSA) is 105 Å². The van der Waals surface area contributed by atoms with Crippen LogP contribution in [-0.2, 0) is 9.59 Å². The number of amides is 2. The number of rotatable bonds is 6. The van der Waals surface area contributed by atoms with Crippen LogP contribution in [0, 0.1) is 0 Å². The van der Waals surface area contributed by atoms with Gasteiger partial charge in [0.05, 0.1) is 11.4 Å². The molecular weight excluding hydrogens is 428 g/mol. The van der Waals surface area contributed by atoms with Crippen LogP contribution in [0.4, 0.5) is 11.6 Å². The van der Waals surface area contributed by atoms with E-state index in [9.17, 15) is 9.59 Å². The van der Waals surface area contributed by atoms with Crippen LogP contribution in [0.2, 0.25) is 0 Å². The normalized spacial score (nSPS) is 14.8. The molecule has 0 unspecified atom stereocenters. The third kappa shape index (κ3) is 4.92. The van der Waals surface area contributed by atoms with Gasteiger partial charge < -0.3 is 0 Å². The number of hydrogen-bond acceptors (Lipinski definition) is 7. The molecular formula is C22H21N6O3S+. The van der Waals surface area contributed by atoms with E-state index in [0.29, 0.717) is 10.9 Å². The van der Waals surface area contributed by atoms with Crippen molar-refractivity contribution < 1.29 is 18.8 Å². The molecule has 3 aromatic rings. The van der Waals surface area contributed by atoms with E-state index < -0.39 is 0 Å². The number of para-hydroxylation sites is 1. The third-order valence-electron chi connectivity index (χ3n) is 4.44. The molecule has 0 saturated carbocycles. The Morgan fingerprint density at radius 1 is 1.25 bits per heavy atom. The number of hydrogen-bond donors (Lipinski definition) is 1. The Bertz CT molecular complexity index is 1170. The van der Waals surface area contributed by atoms with Gasteiger partial charge in [-0.3, -0.25) is 29.3 Å². The first-order valence-electron chi connectivity index (χ1n) is 9.92. The molecule has 2 aromatic heterocycles. The molecule has 0 spiro atoms. The summed E-state index contributed by atoms with van der Waals surface area (Å²) in [5.41, 5.74) is 1.71. The van der Waals surface area contributed by atoms with Gasteiger partial charge in [0.1, 0.15) is 5.70 Å². The maximum Gasteiger partial charge on any atom is 0.302 e. The van der Waals surface area contributed by atoms with Crippen LogP contribution < -0.4 is 14.9 Å². The molecule has 4 rings (SSSR count). The van der Waals surface area contributed by atoms with Crippen LogP contribution in [0.1, 0.15) is 25.5 Å². The Morgan fingerprint density at radius 2 is 2.06 bits per heavy atom. The summed E-state index contributed by atoms with van der Waals surface area (Å²) in [6.45, 7) is 3.90. The lowest BCUT2D eigenvalue weighted by atomic mass is 10.2. The van der Waals surface area contributed by atoms with Crippen molar-refractivity contribution in [2.75, 3.05) is 16.0 Å². The highest BCUT2D eigenvalue weighted by atomic mass is 32.2. The van der Waals surface area contributed by atoms with E-state index in [-0.39, 0.29) is 35.2 Å². The molecule has 3 heterocycles. The third-order valence-corrected chi connectivity index (χ3v) is 5.38. The summed E-state index contributed by atoms with van der Waals surface area (Å²) < 4.78 is 6.73. The minimum Gasteiger partial charge on any atom is -0.288 e. The second-order valence-electron chi connectivity index (χ2n) is 7.16. The molecule has 0 bridgehead atoms. The van der Waals surface area contributed by atoms with Crippen LogP contribution in [0.3, 0.4) is 0 Å². The fourth-order valence-corrected chi connectivity index (χ4v) is 3.69. The van der Waals surface area contributed by atoms with E-state index in [2.05, 4.69) is 20.6 Å². The van der Waals surface area contributed by atoms with Gasteiger partial charge in [-0.15, -0.1) is 0 Å². The molecule has 162 valence electrons. The monoisotopic (exact) mass is 449 g/mol. The number of benzene rings is 1.